The molecule has 2 aromatic rings. The fraction of sp³-hybridized carbons (Fsp3) is 0.467. The Bertz CT molecular complexity index is 574. The number of rotatable bonds is 4. The van der Waals surface area contributed by atoms with Crippen LogP contribution in [0.25, 0.3) is 0 Å². The van der Waals surface area contributed by atoms with Crippen LogP contribution in [0.3, 0.4) is 0 Å². The van der Waals surface area contributed by atoms with Crippen molar-refractivity contribution in [1.82, 2.24) is 14.9 Å². The third kappa shape index (κ3) is 3.37. The summed E-state index contributed by atoms with van der Waals surface area (Å²) in [7, 11) is 0. The van der Waals surface area contributed by atoms with Crippen LogP contribution in [0.15, 0.2) is 24.3 Å². The van der Waals surface area contributed by atoms with Crippen molar-refractivity contribution < 1.29 is 0 Å². The molecular weight excluding hydrogens is 290 g/mol. The van der Waals surface area contributed by atoms with E-state index in [0.29, 0.717) is 0 Å². The molecule has 0 bridgehead atoms. The van der Waals surface area contributed by atoms with Crippen LogP contribution in [0.2, 0.25) is 5.02 Å². The van der Waals surface area contributed by atoms with E-state index in [2.05, 4.69) is 48.7 Å². The average Bonchev–Trinajstić information content (AvgIpc) is 2.84. The summed E-state index contributed by atoms with van der Waals surface area (Å²) in [5.74, 6) is 0. The fourth-order valence-corrected chi connectivity index (χ4v) is 3.33. The lowest BCUT2D eigenvalue weighted by atomic mass is 9.89. The SMILES string of the molecule is CCNC(c1cccc(Cl)c1)c1snnc1C(C)(C)C. The highest BCUT2D eigenvalue weighted by molar-refractivity contribution is 7.05. The van der Waals surface area contributed by atoms with Gasteiger partial charge in [-0.15, -0.1) is 5.10 Å². The highest BCUT2D eigenvalue weighted by Crippen LogP contribution is 2.34. The number of hydrogen-bond acceptors (Lipinski definition) is 4. The molecule has 0 amide bonds. The molecule has 0 aliphatic heterocycles. The van der Waals surface area contributed by atoms with Gasteiger partial charge in [0.1, 0.15) is 0 Å². The molecule has 0 aliphatic carbocycles. The van der Waals surface area contributed by atoms with Crippen LogP contribution in [-0.2, 0) is 5.41 Å². The molecular formula is C15H20ClN3S. The number of halogens is 1. The smallest absolute Gasteiger partial charge is 0.0860 e. The van der Waals surface area contributed by atoms with Crippen LogP contribution in [0.1, 0.15) is 49.9 Å². The van der Waals surface area contributed by atoms with Gasteiger partial charge in [-0.2, -0.15) is 0 Å². The second-order valence-corrected chi connectivity index (χ2v) is 7.00. The molecule has 0 fully saturated rings. The molecule has 0 saturated carbocycles. The van der Waals surface area contributed by atoms with Crippen molar-refractivity contribution in [2.45, 2.75) is 39.2 Å². The van der Waals surface area contributed by atoms with Crippen LogP contribution < -0.4 is 5.32 Å². The molecule has 1 aromatic heterocycles. The van der Waals surface area contributed by atoms with Crippen molar-refractivity contribution in [3.05, 3.63) is 45.4 Å². The number of benzene rings is 1. The zero-order valence-corrected chi connectivity index (χ0v) is 13.8. The molecule has 0 spiro atoms. The van der Waals surface area contributed by atoms with Gasteiger partial charge >= 0.3 is 0 Å². The zero-order valence-electron chi connectivity index (χ0n) is 12.3. The summed E-state index contributed by atoms with van der Waals surface area (Å²) in [4.78, 5) is 1.17. The quantitative estimate of drug-likeness (QED) is 0.920. The fourth-order valence-electron chi connectivity index (χ4n) is 2.16. The first-order chi connectivity index (χ1) is 9.43. The first-order valence-electron chi connectivity index (χ1n) is 6.75. The Kier molecular flexibility index (Phi) is 4.78. The predicted octanol–water partition coefficient (Wildman–Crippen LogP) is 4.19. The Labute approximate surface area is 129 Å². The van der Waals surface area contributed by atoms with Gasteiger partial charge in [-0.25, -0.2) is 0 Å². The van der Waals surface area contributed by atoms with Crippen LogP contribution in [0.5, 0.6) is 0 Å². The molecule has 0 saturated heterocycles. The van der Waals surface area contributed by atoms with Crippen molar-refractivity contribution in [2.24, 2.45) is 0 Å². The minimum Gasteiger partial charge on any atom is -0.306 e. The van der Waals surface area contributed by atoms with Gasteiger partial charge < -0.3 is 5.32 Å². The van der Waals surface area contributed by atoms with E-state index in [0.717, 1.165) is 22.8 Å². The number of nitrogens with one attached hydrogen (secondary N) is 1. The standard InChI is InChI=1S/C15H20ClN3S/c1-5-17-12(10-7-6-8-11(16)9-10)13-14(15(2,3)4)18-19-20-13/h6-9,12,17H,5H2,1-4H3. The lowest BCUT2D eigenvalue weighted by Gasteiger charge is -2.22. The van der Waals surface area contributed by atoms with Crippen LogP contribution >= 0.6 is 23.1 Å². The van der Waals surface area contributed by atoms with E-state index >= 15 is 0 Å². The van der Waals surface area contributed by atoms with Crippen molar-refractivity contribution in [1.29, 1.82) is 0 Å². The minimum absolute atomic E-state index is 0.0193. The Morgan fingerprint density at radius 1 is 1.35 bits per heavy atom. The second kappa shape index (κ2) is 6.20. The second-order valence-electron chi connectivity index (χ2n) is 5.78. The highest BCUT2D eigenvalue weighted by Gasteiger charge is 2.27. The number of nitrogens with zero attached hydrogens (tertiary/aromatic N) is 2. The topological polar surface area (TPSA) is 37.8 Å². The molecule has 5 heteroatoms. The number of hydrogen-bond donors (Lipinski definition) is 1. The van der Waals surface area contributed by atoms with Crippen LogP contribution in [0.4, 0.5) is 0 Å². The Morgan fingerprint density at radius 2 is 2.10 bits per heavy atom. The van der Waals surface area contributed by atoms with Gasteiger partial charge in [0.05, 0.1) is 16.6 Å². The molecule has 1 unspecified atom stereocenters. The molecule has 1 N–H and O–H groups in total. The first kappa shape index (κ1) is 15.4. The maximum absolute atomic E-state index is 6.12. The van der Waals surface area contributed by atoms with E-state index in [-0.39, 0.29) is 11.5 Å². The van der Waals surface area contributed by atoms with Gasteiger partial charge in [0.25, 0.3) is 0 Å². The molecule has 0 aliphatic rings. The molecule has 1 atom stereocenters. The van der Waals surface area contributed by atoms with E-state index in [9.17, 15) is 0 Å². The Morgan fingerprint density at radius 3 is 2.70 bits per heavy atom. The van der Waals surface area contributed by atoms with E-state index in [4.69, 9.17) is 11.6 Å². The molecule has 2 rings (SSSR count). The van der Waals surface area contributed by atoms with Gasteiger partial charge in [0.2, 0.25) is 0 Å². The van der Waals surface area contributed by atoms with Crippen LogP contribution in [0, 0.1) is 0 Å². The summed E-state index contributed by atoms with van der Waals surface area (Å²) in [6.45, 7) is 9.46. The summed E-state index contributed by atoms with van der Waals surface area (Å²) in [5.41, 5.74) is 2.18. The minimum atomic E-state index is -0.0193. The largest absolute Gasteiger partial charge is 0.306 e. The van der Waals surface area contributed by atoms with Gasteiger partial charge in [-0.3, -0.25) is 0 Å². The molecule has 1 heterocycles. The summed E-state index contributed by atoms with van der Waals surface area (Å²) in [6.07, 6.45) is 0. The summed E-state index contributed by atoms with van der Waals surface area (Å²) in [5, 5.41) is 8.60. The molecule has 3 nitrogen and oxygen atoms in total. The highest BCUT2D eigenvalue weighted by atomic mass is 35.5. The van der Waals surface area contributed by atoms with Gasteiger partial charge in [-0.05, 0) is 35.8 Å². The van der Waals surface area contributed by atoms with Crippen molar-refractivity contribution in [3.63, 3.8) is 0 Å². The monoisotopic (exact) mass is 309 g/mol. The first-order valence-corrected chi connectivity index (χ1v) is 7.90. The summed E-state index contributed by atoms with van der Waals surface area (Å²) < 4.78 is 4.16. The van der Waals surface area contributed by atoms with Crippen molar-refractivity contribution in [3.8, 4) is 0 Å². The maximum Gasteiger partial charge on any atom is 0.0860 e. The van der Waals surface area contributed by atoms with Crippen molar-refractivity contribution >= 4 is 23.1 Å². The van der Waals surface area contributed by atoms with E-state index in [1.165, 1.54) is 16.4 Å². The van der Waals surface area contributed by atoms with Crippen molar-refractivity contribution in [2.75, 3.05) is 6.54 Å². The molecule has 1 aromatic carbocycles. The third-order valence-corrected chi connectivity index (χ3v) is 4.10. The zero-order chi connectivity index (χ0) is 14.8. The predicted molar refractivity (Wildman–Crippen MR) is 85.6 cm³/mol. The van der Waals surface area contributed by atoms with E-state index in [1.54, 1.807) is 0 Å². The van der Waals surface area contributed by atoms with Gasteiger partial charge in [0, 0.05) is 10.4 Å². The Hall–Kier alpha value is -0.970. The van der Waals surface area contributed by atoms with E-state index in [1.807, 2.05) is 18.2 Å². The maximum atomic E-state index is 6.12. The summed E-state index contributed by atoms with van der Waals surface area (Å²) >= 11 is 7.58. The molecule has 20 heavy (non-hydrogen) atoms. The van der Waals surface area contributed by atoms with E-state index < -0.39 is 0 Å². The normalized spacial score (nSPS) is 13.4. The summed E-state index contributed by atoms with van der Waals surface area (Å²) in [6, 6.07) is 8.05. The lowest BCUT2D eigenvalue weighted by Crippen LogP contribution is -2.25. The Balaban J connectivity index is 2.47. The molecule has 0 radical (unpaired) electrons. The van der Waals surface area contributed by atoms with Gasteiger partial charge in [-0.1, -0.05) is 55.9 Å². The number of aromatic nitrogens is 2. The molecule has 108 valence electrons. The average molecular weight is 310 g/mol. The van der Waals surface area contributed by atoms with Gasteiger partial charge in [0.15, 0.2) is 0 Å². The third-order valence-electron chi connectivity index (χ3n) is 3.08. The van der Waals surface area contributed by atoms with Crippen LogP contribution in [-0.4, -0.2) is 16.1 Å². The lowest BCUT2D eigenvalue weighted by molar-refractivity contribution is 0.543.